The van der Waals surface area contributed by atoms with Gasteiger partial charge in [-0.15, -0.1) is 11.3 Å². The summed E-state index contributed by atoms with van der Waals surface area (Å²) in [4.78, 5) is 0. The van der Waals surface area contributed by atoms with E-state index >= 15 is 0 Å². The summed E-state index contributed by atoms with van der Waals surface area (Å²) < 4.78 is 28.0. The molecular weight excluding hydrogens is 358 g/mol. The largest absolute Gasteiger partial charge is 0.279 e. The maximum atomic E-state index is 12.2. The lowest BCUT2D eigenvalue weighted by Gasteiger charge is -2.19. The Kier molecular flexibility index (Phi) is 4.27. The fourth-order valence-electron chi connectivity index (χ4n) is 1.69. The maximum Gasteiger partial charge on any atom is 0.271 e. The minimum Gasteiger partial charge on any atom is -0.279 e. The summed E-state index contributed by atoms with van der Waals surface area (Å²) in [7, 11) is -3.50. The highest BCUT2D eigenvalue weighted by molar-refractivity contribution is 9.11. The van der Waals surface area contributed by atoms with E-state index in [-0.39, 0.29) is 5.41 Å². The predicted molar refractivity (Wildman–Crippen MR) is 88.0 cm³/mol. The second-order valence-electron chi connectivity index (χ2n) is 5.49. The highest BCUT2D eigenvalue weighted by Gasteiger charge is 2.17. The number of anilines is 1. The van der Waals surface area contributed by atoms with Gasteiger partial charge in [0.05, 0.1) is 3.79 Å². The molecule has 0 radical (unpaired) electrons. The molecule has 2 rings (SSSR count). The van der Waals surface area contributed by atoms with Gasteiger partial charge >= 0.3 is 0 Å². The molecule has 0 saturated heterocycles. The molecule has 0 amide bonds. The molecule has 0 atom stereocenters. The van der Waals surface area contributed by atoms with Crippen LogP contribution >= 0.6 is 27.3 Å². The molecule has 108 valence electrons. The molecule has 1 aromatic carbocycles. The molecule has 1 aromatic heterocycles. The molecule has 6 heteroatoms. The predicted octanol–water partition coefficient (Wildman–Crippen LogP) is 4.61. The summed E-state index contributed by atoms with van der Waals surface area (Å²) >= 11 is 4.46. The van der Waals surface area contributed by atoms with E-state index in [0.29, 0.717) is 9.90 Å². The second kappa shape index (κ2) is 5.50. The third kappa shape index (κ3) is 3.62. The van der Waals surface area contributed by atoms with Crippen LogP contribution in [0.15, 0.2) is 44.4 Å². The number of halogens is 1. The molecule has 1 N–H and O–H groups in total. The quantitative estimate of drug-likeness (QED) is 0.853. The first-order valence-corrected chi connectivity index (χ1v) is 9.16. The van der Waals surface area contributed by atoms with Crippen molar-refractivity contribution < 1.29 is 8.42 Å². The smallest absolute Gasteiger partial charge is 0.271 e. The highest BCUT2D eigenvalue weighted by atomic mass is 79.9. The van der Waals surface area contributed by atoms with Gasteiger partial charge in [-0.1, -0.05) is 32.9 Å². The lowest BCUT2D eigenvalue weighted by atomic mass is 9.87. The van der Waals surface area contributed by atoms with Crippen molar-refractivity contribution in [1.29, 1.82) is 0 Å². The van der Waals surface area contributed by atoms with Gasteiger partial charge in [0.2, 0.25) is 0 Å². The van der Waals surface area contributed by atoms with E-state index in [9.17, 15) is 8.42 Å². The van der Waals surface area contributed by atoms with Crippen molar-refractivity contribution in [3.05, 3.63) is 45.7 Å². The van der Waals surface area contributed by atoms with E-state index in [0.717, 1.165) is 3.79 Å². The normalized spacial score (nSPS) is 12.4. The Hall–Kier alpha value is -0.850. The summed E-state index contributed by atoms with van der Waals surface area (Å²) in [6.07, 6.45) is 0. The molecular formula is C14H16BrNO2S2. The summed E-state index contributed by atoms with van der Waals surface area (Å²) in [6, 6.07) is 10.8. The Labute approximate surface area is 132 Å². The van der Waals surface area contributed by atoms with E-state index in [4.69, 9.17) is 0 Å². The molecule has 0 aliphatic heterocycles. The van der Waals surface area contributed by atoms with Crippen molar-refractivity contribution in [3.8, 4) is 0 Å². The van der Waals surface area contributed by atoms with Crippen LogP contribution in [0.5, 0.6) is 0 Å². The van der Waals surface area contributed by atoms with Gasteiger partial charge in [-0.05, 0) is 51.2 Å². The third-order valence-corrected chi connectivity index (χ3v) is 6.31. The number of hydrogen-bond donors (Lipinski definition) is 1. The Balaban J connectivity index is 2.22. The third-order valence-electron chi connectivity index (χ3n) is 2.82. The Morgan fingerprint density at radius 1 is 1.05 bits per heavy atom. The first-order chi connectivity index (χ1) is 9.18. The van der Waals surface area contributed by atoms with Crippen LogP contribution in [0, 0.1) is 0 Å². The van der Waals surface area contributed by atoms with Crippen LogP contribution in [-0.2, 0) is 15.4 Å². The molecule has 1 heterocycles. The van der Waals surface area contributed by atoms with Crippen LogP contribution in [0.2, 0.25) is 0 Å². The van der Waals surface area contributed by atoms with Crippen LogP contribution in [0.25, 0.3) is 0 Å². The monoisotopic (exact) mass is 373 g/mol. The van der Waals surface area contributed by atoms with Gasteiger partial charge in [-0.3, -0.25) is 4.72 Å². The van der Waals surface area contributed by atoms with Gasteiger partial charge in [0, 0.05) is 5.69 Å². The minimum atomic E-state index is -3.50. The average Bonchev–Trinajstić information content (AvgIpc) is 2.76. The zero-order valence-corrected chi connectivity index (χ0v) is 14.7. The molecule has 0 saturated carbocycles. The fourth-order valence-corrected chi connectivity index (χ4v) is 4.75. The lowest BCUT2D eigenvalue weighted by molar-refractivity contribution is 0.590. The number of hydrogen-bond acceptors (Lipinski definition) is 3. The summed E-state index contributed by atoms with van der Waals surface area (Å²) in [5.74, 6) is 0. The molecule has 0 spiro atoms. The lowest BCUT2D eigenvalue weighted by Crippen LogP contribution is -2.13. The number of nitrogens with one attached hydrogen (secondary N) is 1. The SMILES string of the molecule is CC(C)(C)c1ccc(NS(=O)(=O)c2ccc(Br)s2)cc1. The summed E-state index contributed by atoms with van der Waals surface area (Å²) in [5.41, 5.74) is 1.79. The molecule has 0 unspecified atom stereocenters. The van der Waals surface area contributed by atoms with Crippen molar-refractivity contribution >= 4 is 43.0 Å². The van der Waals surface area contributed by atoms with Gasteiger partial charge in [-0.2, -0.15) is 0 Å². The van der Waals surface area contributed by atoms with E-state index in [2.05, 4.69) is 41.4 Å². The Morgan fingerprint density at radius 3 is 2.10 bits per heavy atom. The van der Waals surface area contributed by atoms with E-state index in [1.54, 1.807) is 24.3 Å². The van der Waals surface area contributed by atoms with Gasteiger partial charge in [0.15, 0.2) is 0 Å². The van der Waals surface area contributed by atoms with Crippen molar-refractivity contribution in [3.63, 3.8) is 0 Å². The zero-order chi connectivity index (χ0) is 15.0. The molecule has 0 bridgehead atoms. The van der Waals surface area contributed by atoms with Crippen LogP contribution in [0.4, 0.5) is 5.69 Å². The summed E-state index contributed by atoms with van der Waals surface area (Å²) in [5, 5.41) is 0. The first-order valence-electron chi connectivity index (χ1n) is 6.07. The molecule has 0 aliphatic rings. The topological polar surface area (TPSA) is 46.2 Å². The van der Waals surface area contributed by atoms with Crippen molar-refractivity contribution in [2.75, 3.05) is 4.72 Å². The minimum absolute atomic E-state index is 0.0516. The molecule has 0 fully saturated rings. The van der Waals surface area contributed by atoms with E-state index in [1.165, 1.54) is 16.9 Å². The molecule has 20 heavy (non-hydrogen) atoms. The Morgan fingerprint density at radius 2 is 1.65 bits per heavy atom. The number of sulfonamides is 1. The van der Waals surface area contributed by atoms with Gasteiger partial charge in [-0.25, -0.2) is 8.42 Å². The molecule has 3 nitrogen and oxygen atoms in total. The molecule has 2 aromatic rings. The van der Waals surface area contributed by atoms with Crippen LogP contribution in [0.3, 0.4) is 0 Å². The zero-order valence-electron chi connectivity index (χ0n) is 11.5. The number of thiophene rings is 1. The van der Waals surface area contributed by atoms with Crippen molar-refractivity contribution in [1.82, 2.24) is 0 Å². The molecule has 0 aliphatic carbocycles. The standard InChI is InChI=1S/C14H16BrNO2S2/c1-14(2,3)10-4-6-11(7-5-10)16-20(17,18)13-9-8-12(15)19-13/h4-9,16H,1-3H3. The van der Waals surface area contributed by atoms with E-state index < -0.39 is 10.0 Å². The highest BCUT2D eigenvalue weighted by Crippen LogP contribution is 2.28. The van der Waals surface area contributed by atoms with E-state index in [1.807, 2.05) is 12.1 Å². The second-order valence-corrected chi connectivity index (χ2v) is 9.86. The van der Waals surface area contributed by atoms with Gasteiger partial charge in [0.25, 0.3) is 10.0 Å². The average molecular weight is 374 g/mol. The van der Waals surface area contributed by atoms with Crippen LogP contribution in [0.1, 0.15) is 26.3 Å². The van der Waals surface area contributed by atoms with Crippen LogP contribution < -0.4 is 4.72 Å². The number of rotatable bonds is 3. The van der Waals surface area contributed by atoms with Gasteiger partial charge in [0.1, 0.15) is 4.21 Å². The summed E-state index contributed by atoms with van der Waals surface area (Å²) in [6.45, 7) is 6.36. The fraction of sp³-hybridized carbons (Fsp3) is 0.286. The Bertz CT molecular complexity index is 698. The maximum absolute atomic E-state index is 12.2. The van der Waals surface area contributed by atoms with Crippen molar-refractivity contribution in [2.45, 2.75) is 30.4 Å². The first kappa shape index (κ1) is 15.5. The van der Waals surface area contributed by atoms with Crippen molar-refractivity contribution in [2.24, 2.45) is 0 Å². The van der Waals surface area contributed by atoms with Gasteiger partial charge < -0.3 is 0 Å². The number of benzene rings is 1. The van der Waals surface area contributed by atoms with Crippen LogP contribution in [-0.4, -0.2) is 8.42 Å².